The Bertz CT molecular complexity index is 878. The SMILES string of the molecule is CCn1c(SCC(=O)c2ccc(Cl)cc2)nnc1-c1ccc(F)cc1. The Morgan fingerprint density at radius 2 is 1.80 bits per heavy atom. The molecule has 4 nitrogen and oxygen atoms in total. The molecule has 0 fully saturated rings. The second kappa shape index (κ2) is 7.80. The summed E-state index contributed by atoms with van der Waals surface area (Å²) in [7, 11) is 0. The van der Waals surface area contributed by atoms with Crippen LogP contribution in [0, 0.1) is 5.82 Å². The van der Waals surface area contributed by atoms with Crippen LogP contribution in [-0.2, 0) is 6.54 Å². The van der Waals surface area contributed by atoms with E-state index in [2.05, 4.69) is 10.2 Å². The van der Waals surface area contributed by atoms with Gasteiger partial charge in [-0.05, 0) is 55.5 Å². The maximum atomic E-state index is 13.1. The number of nitrogens with zero attached hydrogens (tertiary/aromatic N) is 3. The molecular formula is C18H15ClFN3OS. The van der Waals surface area contributed by atoms with Crippen LogP contribution in [0.5, 0.6) is 0 Å². The average molecular weight is 376 g/mol. The Morgan fingerprint density at radius 1 is 1.12 bits per heavy atom. The molecule has 3 rings (SSSR count). The lowest BCUT2D eigenvalue weighted by molar-refractivity contribution is 0.102. The molecule has 0 radical (unpaired) electrons. The Hall–Kier alpha value is -2.18. The first-order valence-corrected chi connectivity index (χ1v) is 9.05. The van der Waals surface area contributed by atoms with Crippen LogP contribution in [0.4, 0.5) is 4.39 Å². The van der Waals surface area contributed by atoms with Gasteiger partial charge in [0.1, 0.15) is 5.82 Å². The highest BCUT2D eigenvalue weighted by atomic mass is 35.5. The van der Waals surface area contributed by atoms with Crippen molar-refractivity contribution in [1.82, 2.24) is 14.8 Å². The molecule has 1 aromatic heterocycles. The van der Waals surface area contributed by atoms with Crippen LogP contribution in [0.2, 0.25) is 5.02 Å². The van der Waals surface area contributed by atoms with Gasteiger partial charge in [-0.2, -0.15) is 0 Å². The minimum Gasteiger partial charge on any atom is -0.302 e. The highest BCUT2D eigenvalue weighted by Crippen LogP contribution is 2.25. The Morgan fingerprint density at radius 3 is 2.44 bits per heavy atom. The van der Waals surface area contributed by atoms with E-state index in [1.165, 1.54) is 23.9 Å². The van der Waals surface area contributed by atoms with Crippen molar-refractivity contribution >= 4 is 29.1 Å². The molecule has 0 aliphatic carbocycles. The van der Waals surface area contributed by atoms with Crippen molar-refractivity contribution in [2.45, 2.75) is 18.6 Å². The van der Waals surface area contributed by atoms with Crippen molar-refractivity contribution < 1.29 is 9.18 Å². The maximum Gasteiger partial charge on any atom is 0.191 e. The van der Waals surface area contributed by atoms with Crippen LogP contribution in [-0.4, -0.2) is 26.3 Å². The number of hydrogen-bond donors (Lipinski definition) is 0. The standard InChI is InChI=1S/C18H15ClFN3OS/c1-2-23-17(13-5-9-15(20)10-6-13)21-22-18(23)25-11-16(24)12-3-7-14(19)8-4-12/h3-10H,2,11H2,1H3. The molecule has 0 spiro atoms. The third-order valence-corrected chi connectivity index (χ3v) is 4.85. The number of hydrogen-bond acceptors (Lipinski definition) is 4. The molecular weight excluding hydrogens is 361 g/mol. The fourth-order valence-corrected chi connectivity index (χ4v) is 3.37. The molecule has 3 aromatic rings. The first kappa shape index (κ1) is 17.6. The van der Waals surface area contributed by atoms with Crippen molar-refractivity contribution in [2.75, 3.05) is 5.75 Å². The van der Waals surface area contributed by atoms with E-state index in [9.17, 15) is 9.18 Å². The number of ketones is 1. The van der Waals surface area contributed by atoms with E-state index in [1.54, 1.807) is 36.4 Å². The number of rotatable bonds is 6. The monoisotopic (exact) mass is 375 g/mol. The summed E-state index contributed by atoms with van der Waals surface area (Å²) in [5.74, 6) is 0.609. The zero-order valence-electron chi connectivity index (χ0n) is 13.4. The normalized spacial score (nSPS) is 10.8. The zero-order valence-corrected chi connectivity index (χ0v) is 15.0. The average Bonchev–Trinajstić information content (AvgIpc) is 3.04. The maximum absolute atomic E-state index is 13.1. The second-order valence-electron chi connectivity index (χ2n) is 5.28. The molecule has 0 amide bonds. The Balaban J connectivity index is 1.76. The molecule has 0 aliphatic heterocycles. The highest BCUT2D eigenvalue weighted by molar-refractivity contribution is 7.99. The minimum absolute atomic E-state index is 0.00403. The number of carbonyl (C=O) groups is 1. The van der Waals surface area contributed by atoms with Crippen LogP contribution < -0.4 is 0 Å². The van der Waals surface area contributed by atoms with Gasteiger partial charge in [0.05, 0.1) is 5.75 Å². The molecule has 0 saturated carbocycles. The molecule has 1 heterocycles. The molecule has 0 bridgehead atoms. The van der Waals surface area contributed by atoms with Crippen LogP contribution in [0.3, 0.4) is 0 Å². The largest absolute Gasteiger partial charge is 0.302 e. The lowest BCUT2D eigenvalue weighted by Crippen LogP contribution is -2.05. The Labute approximate surface area is 154 Å². The summed E-state index contributed by atoms with van der Waals surface area (Å²) in [5, 5.41) is 9.62. The molecule has 2 aromatic carbocycles. The molecule has 0 saturated heterocycles. The van der Waals surface area contributed by atoms with Crippen molar-refractivity contribution in [3.05, 3.63) is 64.9 Å². The topological polar surface area (TPSA) is 47.8 Å². The van der Waals surface area contributed by atoms with Gasteiger partial charge in [0.2, 0.25) is 0 Å². The van der Waals surface area contributed by atoms with Crippen LogP contribution >= 0.6 is 23.4 Å². The quantitative estimate of drug-likeness (QED) is 0.461. The molecule has 0 atom stereocenters. The van der Waals surface area contributed by atoms with Crippen molar-refractivity contribution in [3.8, 4) is 11.4 Å². The molecule has 25 heavy (non-hydrogen) atoms. The van der Waals surface area contributed by atoms with Crippen LogP contribution in [0.25, 0.3) is 11.4 Å². The number of benzene rings is 2. The fraction of sp³-hybridized carbons (Fsp3) is 0.167. The van der Waals surface area contributed by atoms with Gasteiger partial charge in [-0.3, -0.25) is 4.79 Å². The van der Waals surface area contributed by atoms with Gasteiger partial charge in [-0.15, -0.1) is 10.2 Å². The summed E-state index contributed by atoms with van der Waals surface area (Å²) >= 11 is 7.17. The van der Waals surface area contributed by atoms with E-state index < -0.39 is 0 Å². The lowest BCUT2D eigenvalue weighted by Gasteiger charge is -2.07. The van der Waals surface area contributed by atoms with Gasteiger partial charge < -0.3 is 4.57 Å². The predicted molar refractivity (Wildman–Crippen MR) is 97.6 cm³/mol. The molecule has 7 heteroatoms. The van der Waals surface area contributed by atoms with Crippen molar-refractivity contribution in [2.24, 2.45) is 0 Å². The van der Waals surface area contributed by atoms with Gasteiger partial charge in [0.15, 0.2) is 16.8 Å². The van der Waals surface area contributed by atoms with Gasteiger partial charge in [0.25, 0.3) is 0 Å². The smallest absolute Gasteiger partial charge is 0.191 e. The van der Waals surface area contributed by atoms with Gasteiger partial charge >= 0.3 is 0 Å². The van der Waals surface area contributed by atoms with Crippen LogP contribution in [0.1, 0.15) is 17.3 Å². The van der Waals surface area contributed by atoms with Crippen molar-refractivity contribution in [3.63, 3.8) is 0 Å². The van der Waals surface area contributed by atoms with Gasteiger partial charge in [-0.25, -0.2) is 4.39 Å². The summed E-state index contributed by atoms with van der Waals surface area (Å²) in [6.07, 6.45) is 0. The number of Topliss-reactive ketones (excluding diaryl/α,β-unsaturated/α-hetero) is 1. The molecule has 128 valence electrons. The van der Waals surface area contributed by atoms with Gasteiger partial charge in [0, 0.05) is 22.7 Å². The van der Waals surface area contributed by atoms with E-state index in [4.69, 9.17) is 11.6 Å². The number of halogens is 2. The third kappa shape index (κ3) is 4.08. The molecule has 0 aliphatic rings. The minimum atomic E-state index is -0.297. The van der Waals surface area contributed by atoms with E-state index in [-0.39, 0.29) is 17.4 Å². The number of aromatic nitrogens is 3. The van der Waals surface area contributed by atoms with E-state index in [1.807, 2.05) is 11.5 Å². The van der Waals surface area contributed by atoms with E-state index in [0.717, 1.165) is 5.56 Å². The second-order valence-corrected chi connectivity index (χ2v) is 6.66. The summed E-state index contributed by atoms with van der Waals surface area (Å²) in [4.78, 5) is 12.3. The predicted octanol–water partition coefficient (Wildman–Crippen LogP) is 4.73. The summed E-state index contributed by atoms with van der Waals surface area (Å²) in [6, 6.07) is 12.9. The van der Waals surface area contributed by atoms with Gasteiger partial charge in [-0.1, -0.05) is 23.4 Å². The third-order valence-electron chi connectivity index (χ3n) is 3.63. The first-order valence-electron chi connectivity index (χ1n) is 7.69. The molecule has 0 N–H and O–H groups in total. The summed E-state index contributed by atoms with van der Waals surface area (Å²) in [6.45, 7) is 2.62. The van der Waals surface area contributed by atoms with E-state index >= 15 is 0 Å². The van der Waals surface area contributed by atoms with E-state index in [0.29, 0.717) is 28.1 Å². The van der Waals surface area contributed by atoms with Crippen LogP contribution in [0.15, 0.2) is 53.7 Å². The molecule has 0 unspecified atom stereocenters. The highest BCUT2D eigenvalue weighted by Gasteiger charge is 2.15. The van der Waals surface area contributed by atoms with Crippen molar-refractivity contribution in [1.29, 1.82) is 0 Å². The first-order chi connectivity index (χ1) is 12.1. The number of carbonyl (C=O) groups excluding carboxylic acids is 1. The Kier molecular flexibility index (Phi) is 5.50. The summed E-state index contributed by atoms with van der Waals surface area (Å²) < 4.78 is 15.0. The zero-order chi connectivity index (χ0) is 17.8. The lowest BCUT2D eigenvalue weighted by atomic mass is 10.1. The fourth-order valence-electron chi connectivity index (χ4n) is 2.34. The summed E-state index contributed by atoms with van der Waals surface area (Å²) in [5.41, 5.74) is 1.39. The number of thioether (sulfide) groups is 1.